The number of nitrogens with one attached hydrogen (secondary N) is 1. The predicted octanol–water partition coefficient (Wildman–Crippen LogP) is 6.22. The predicted molar refractivity (Wildman–Crippen MR) is 116 cm³/mol. The van der Waals surface area contributed by atoms with Crippen LogP contribution in [-0.2, 0) is 0 Å². The van der Waals surface area contributed by atoms with Crippen LogP contribution in [0.4, 0.5) is 5.69 Å². The second kappa shape index (κ2) is 8.02. The van der Waals surface area contributed by atoms with Gasteiger partial charge >= 0.3 is 0 Å². The van der Waals surface area contributed by atoms with Crippen molar-refractivity contribution in [3.63, 3.8) is 0 Å². The average Bonchev–Trinajstić information content (AvgIpc) is 3.11. The zero-order valence-corrected chi connectivity index (χ0v) is 18.0. The molecule has 146 valence electrons. The topological polar surface area (TPSA) is 77.2 Å². The molecule has 6 nitrogen and oxygen atoms in total. The average molecular weight is 493 g/mol. The fraction of sp³-hybridized carbons (Fsp3) is 0.0500. The highest BCUT2D eigenvalue weighted by Gasteiger charge is 2.18. The minimum absolute atomic E-state index is 0.228. The van der Waals surface area contributed by atoms with Crippen LogP contribution < -0.4 is 10.1 Å². The lowest BCUT2D eigenvalue weighted by Gasteiger charge is -2.11. The first-order valence-corrected chi connectivity index (χ1v) is 9.85. The van der Waals surface area contributed by atoms with E-state index in [0.717, 1.165) is 10.0 Å². The summed E-state index contributed by atoms with van der Waals surface area (Å²) in [6.45, 7) is 0. The van der Waals surface area contributed by atoms with Crippen LogP contribution in [0, 0.1) is 0 Å². The molecule has 1 N–H and O–H groups in total. The number of nitrogens with zero attached hydrogens (tertiary/aromatic N) is 2. The van der Waals surface area contributed by atoms with Gasteiger partial charge in [0, 0.05) is 27.6 Å². The molecule has 0 saturated carbocycles. The third-order valence-corrected chi connectivity index (χ3v) is 4.99. The van der Waals surface area contributed by atoms with Gasteiger partial charge in [-0.3, -0.25) is 9.78 Å². The smallest absolute Gasteiger partial charge is 0.259 e. The first-order valence-electron chi connectivity index (χ1n) is 8.30. The molecule has 4 rings (SSSR count). The molecule has 29 heavy (non-hydrogen) atoms. The number of benzene rings is 2. The number of halogens is 3. The van der Waals surface area contributed by atoms with Crippen molar-refractivity contribution in [1.29, 1.82) is 0 Å². The molecule has 4 aromatic rings. The molecule has 0 atom stereocenters. The minimum Gasteiger partial charge on any atom is -0.494 e. The van der Waals surface area contributed by atoms with Crippen LogP contribution in [0.5, 0.6) is 5.75 Å². The number of rotatable bonds is 4. The largest absolute Gasteiger partial charge is 0.494 e. The molecule has 2 aromatic carbocycles. The van der Waals surface area contributed by atoms with E-state index in [1.807, 2.05) is 6.07 Å². The van der Waals surface area contributed by atoms with Crippen molar-refractivity contribution in [1.82, 2.24) is 9.97 Å². The summed E-state index contributed by atoms with van der Waals surface area (Å²) in [7, 11) is 1.44. The maximum atomic E-state index is 12.7. The third kappa shape index (κ3) is 4.07. The lowest BCUT2D eigenvalue weighted by molar-refractivity contribution is 0.102. The number of amides is 1. The van der Waals surface area contributed by atoms with Gasteiger partial charge in [-0.15, -0.1) is 0 Å². The van der Waals surface area contributed by atoms with Crippen molar-refractivity contribution in [2.24, 2.45) is 0 Å². The van der Waals surface area contributed by atoms with Crippen LogP contribution in [0.3, 0.4) is 0 Å². The molecule has 9 heteroatoms. The van der Waals surface area contributed by atoms with Crippen molar-refractivity contribution in [3.05, 3.63) is 68.9 Å². The second-order valence-electron chi connectivity index (χ2n) is 6.02. The SMILES string of the molecule is COc1c(Cl)cc(Cl)cc1C(=O)Nc1ccc2oc(-c3cncc(Br)c3)nc2c1. The molecule has 0 aliphatic carbocycles. The van der Waals surface area contributed by atoms with Gasteiger partial charge < -0.3 is 14.5 Å². The summed E-state index contributed by atoms with van der Waals surface area (Å²) < 4.78 is 11.8. The van der Waals surface area contributed by atoms with Gasteiger partial charge in [-0.05, 0) is 52.3 Å². The molecule has 0 aliphatic rings. The standard InChI is InChI=1S/C20H12BrCl2N3O3/c1-28-18-14(5-12(22)6-15(18)23)19(27)25-13-2-3-17-16(7-13)26-20(29-17)10-4-11(21)9-24-8-10/h2-9H,1H3,(H,25,27). The van der Waals surface area contributed by atoms with Crippen LogP contribution in [0.2, 0.25) is 10.0 Å². The summed E-state index contributed by atoms with van der Waals surface area (Å²) >= 11 is 15.5. The lowest BCUT2D eigenvalue weighted by atomic mass is 10.1. The zero-order valence-electron chi connectivity index (χ0n) is 14.9. The Labute approximate surface area is 183 Å². The maximum absolute atomic E-state index is 12.7. The van der Waals surface area contributed by atoms with Gasteiger partial charge in [-0.25, -0.2) is 4.98 Å². The molecule has 2 aromatic heterocycles. The van der Waals surface area contributed by atoms with E-state index < -0.39 is 5.91 Å². The van der Waals surface area contributed by atoms with Gasteiger partial charge in [0.15, 0.2) is 5.58 Å². The summed E-state index contributed by atoms with van der Waals surface area (Å²) in [5.41, 5.74) is 2.67. The third-order valence-electron chi connectivity index (χ3n) is 4.05. The summed E-state index contributed by atoms with van der Waals surface area (Å²) in [5, 5.41) is 3.39. The van der Waals surface area contributed by atoms with E-state index in [1.54, 1.807) is 30.6 Å². The molecule has 0 aliphatic heterocycles. The number of ether oxygens (including phenoxy) is 1. The Morgan fingerprint density at radius 1 is 1.17 bits per heavy atom. The van der Waals surface area contributed by atoms with Crippen LogP contribution in [0.25, 0.3) is 22.6 Å². The van der Waals surface area contributed by atoms with Gasteiger partial charge in [0.05, 0.1) is 23.3 Å². The van der Waals surface area contributed by atoms with Gasteiger partial charge in [-0.2, -0.15) is 0 Å². The number of fused-ring (bicyclic) bond motifs is 1. The number of methoxy groups -OCH3 is 1. The van der Waals surface area contributed by atoms with Crippen LogP contribution in [0.1, 0.15) is 10.4 Å². The highest BCUT2D eigenvalue weighted by molar-refractivity contribution is 9.10. The Morgan fingerprint density at radius 3 is 2.76 bits per heavy atom. The number of pyridine rings is 1. The number of carbonyl (C=O) groups excluding carboxylic acids is 1. The van der Waals surface area contributed by atoms with Gasteiger partial charge in [-0.1, -0.05) is 23.2 Å². The molecule has 0 fully saturated rings. The minimum atomic E-state index is -0.412. The van der Waals surface area contributed by atoms with Crippen molar-refractivity contribution < 1.29 is 13.9 Å². The quantitative estimate of drug-likeness (QED) is 0.366. The van der Waals surface area contributed by atoms with Crippen LogP contribution in [0.15, 0.2) is 57.7 Å². The summed E-state index contributed by atoms with van der Waals surface area (Å²) in [6.07, 6.45) is 3.34. The first kappa shape index (κ1) is 19.7. The van der Waals surface area contributed by atoms with E-state index in [1.165, 1.54) is 19.2 Å². The van der Waals surface area contributed by atoms with Gasteiger partial charge in [0.2, 0.25) is 5.89 Å². The van der Waals surface area contributed by atoms with E-state index in [4.69, 9.17) is 32.4 Å². The van der Waals surface area contributed by atoms with Crippen molar-refractivity contribution in [2.45, 2.75) is 0 Å². The van der Waals surface area contributed by atoms with Crippen molar-refractivity contribution >= 4 is 61.8 Å². The molecular weight excluding hydrogens is 481 g/mol. The van der Waals surface area contributed by atoms with Crippen molar-refractivity contribution in [3.8, 4) is 17.2 Å². The van der Waals surface area contributed by atoms with Gasteiger partial charge in [0.25, 0.3) is 5.91 Å². The fourth-order valence-corrected chi connectivity index (χ4v) is 3.73. The summed E-state index contributed by atoms with van der Waals surface area (Å²) in [4.78, 5) is 21.3. The number of hydrogen-bond donors (Lipinski definition) is 1. The Hall–Kier alpha value is -2.61. The molecule has 0 spiro atoms. The van der Waals surface area contributed by atoms with Gasteiger partial charge in [0.1, 0.15) is 11.3 Å². The number of hydrogen-bond acceptors (Lipinski definition) is 5. The number of anilines is 1. The highest BCUT2D eigenvalue weighted by atomic mass is 79.9. The van der Waals surface area contributed by atoms with E-state index in [-0.39, 0.29) is 16.3 Å². The molecule has 0 radical (unpaired) electrons. The first-order chi connectivity index (χ1) is 13.9. The number of oxazole rings is 1. The summed E-state index contributed by atoms with van der Waals surface area (Å²) in [5.74, 6) is 0.270. The molecule has 2 heterocycles. The Kier molecular flexibility index (Phi) is 5.45. The summed E-state index contributed by atoms with van der Waals surface area (Å²) in [6, 6.07) is 10.0. The normalized spacial score (nSPS) is 10.9. The van der Waals surface area contributed by atoms with Crippen molar-refractivity contribution in [2.75, 3.05) is 12.4 Å². The number of carbonyl (C=O) groups is 1. The highest BCUT2D eigenvalue weighted by Crippen LogP contribution is 2.33. The molecule has 0 unspecified atom stereocenters. The van der Waals surface area contributed by atoms with Crippen LogP contribution >= 0.6 is 39.1 Å². The lowest BCUT2D eigenvalue weighted by Crippen LogP contribution is -2.13. The molecule has 1 amide bonds. The van der Waals surface area contributed by atoms with E-state index in [0.29, 0.717) is 27.7 Å². The molecule has 0 bridgehead atoms. The second-order valence-corrected chi connectivity index (χ2v) is 7.78. The molecular formula is C20H12BrCl2N3O3. The fourth-order valence-electron chi connectivity index (χ4n) is 2.79. The Bertz CT molecular complexity index is 1240. The Balaban J connectivity index is 1.65. The van der Waals surface area contributed by atoms with Crippen LogP contribution in [-0.4, -0.2) is 23.0 Å². The number of aromatic nitrogens is 2. The Morgan fingerprint density at radius 2 is 2.00 bits per heavy atom. The molecule has 0 saturated heterocycles. The van der Waals surface area contributed by atoms with E-state index in [9.17, 15) is 4.79 Å². The maximum Gasteiger partial charge on any atom is 0.259 e. The van der Waals surface area contributed by atoms with E-state index >= 15 is 0 Å². The monoisotopic (exact) mass is 491 g/mol. The van der Waals surface area contributed by atoms with E-state index in [2.05, 4.69) is 31.2 Å². The zero-order chi connectivity index (χ0) is 20.5.